The van der Waals surface area contributed by atoms with Gasteiger partial charge in [-0.05, 0) is 31.0 Å². The first-order valence-electron chi connectivity index (χ1n) is 11.9. The van der Waals surface area contributed by atoms with Gasteiger partial charge in [-0.3, -0.25) is 4.90 Å². The van der Waals surface area contributed by atoms with Gasteiger partial charge in [0.1, 0.15) is 12.4 Å². The van der Waals surface area contributed by atoms with Gasteiger partial charge in [-0.25, -0.2) is 4.99 Å². The largest absolute Gasteiger partial charge is 0.492 e. The fraction of sp³-hybridized carbons (Fsp3) is 0.423. The topological polar surface area (TPSA) is 73.9 Å². The number of ether oxygens (including phenoxy) is 2. The third-order valence-electron chi connectivity index (χ3n) is 5.85. The quantitative estimate of drug-likeness (QED) is 0.328. The zero-order valence-corrected chi connectivity index (χ0v) is 19.5. The van der Waals surface area contributed by atoms with Gasteiger partial charge < -0.3 is 25.1 Å². The number of aromatic amines is 1. The van der Waals surface area contributed by atoms with E-state index in [-0.39, 0.29) is 0 Å². The van der Waals surface area contributed by atoms with Crippen LogP contribution < -0.4 is 15.4 Å². The van der Waals surface area contributed by atoms with Crippen LogP contribution in [0.5, 0.6) is 5.75 Å². The zero-order valence-electron chi connectivity index (χ0n) is 19.5. The molecule has 0 amide bonds. The first kappa shape index (κ1) is 23.1. The standard InChI is InChI=1S/C26H35N5O2/c1-2-27-26(28-12-11-21-19-29-24-9-5-4-8-23(21)24)30-20-22-7-3-6-10-25(22)33-18-15-31-13-16-32-17-14-31/h3-10,19,29H,2,11-18,20H2,1H3,(H2,27,28,30). The molecule has 33 heavy (non-hydrogen) atoms. The van der Waals surface area contributed by atoms with E-state index in [0.29, 0.717) is 13.2 Å². The Bertz CT molecular complexity index is 1030. The van der Waals surface area contributed by atoms with Gasteiger partial charge in [0, 0.05) is 55.4 Å². The average Bonchev–Trinajstić information content (AvgIpc) is 3.27. The molecule has 3 N–H and O–H groups in total. The lowest BCUT2D eigenvalue weighted by molar-refractivity contribution is 0.0322. The summed E-state index contributed by atoms with van der Waals surface area (Å²) in [5.74, 6) is 1.73. The molecule has 0 unspecified atom stereocenters. The normalized spacial score (nSPS) is 15.0. The Labute approximate surface area is 196 Å². The molecule has 176 valence electrons. The number of morpholine rings is 1. The molecular formula is C26H35N5O2. The maximum absolute atomic E-state index is 6.11. The van der Waals surface area contributed by atoms with Crippen molar-refractivity contribution in [1.82, 2.24) is 20.5 Å². The smallest absolute Gasteiger partial charge is 0.191 e. The van der Waals surface area contributed by atoms with E-state index in [4.69, 9.17) is 14.5 Å². The summed E-state index contributed by atoms with van der Waals surface area (Å²) in [5.41, 5.74) is 3.58. The lowest BCUT2D eigenvalue weighted by Gasteiger charge is -2.26. The van der Waals surface area contributed by atoms with E-state index in [1.165, 1.54) is 16.5 Å². The van der Waals surface area contributed by atoms with Crippen molar-refractivity contribution in [3.05, 3.63) is 65.9 Å². The van der Waals surface area contributed by atoms with E-state index in [1.54, 1.807) is 0 Å². The van der Waals surface area contributed by atoms with E-state index in [2.05, 4.69) is 64.0 Å². The molecule has 1 fully saturated rings. The van der Waals surface area contributed by atoms with Crippen molar-refractivity contribution in [1.29, 1.82) is 0 Å². The zero-order chi connectivity index (χ0) is 22.7. The monoisotopic (exact) mass is 449 g/mol. The van der Waals surface area contributed by atoms with Crippen molar-refractivity contribution in [2.24, 2.45) is 4.99 Å². The molecule has 7 nitrogen and oxygen atoms in total. The summed E-state index contributed by atoms with van der Waals surface area (Å²) < 4.78 is 11.5. The average molecular weight is 450 g/mol. The molecule has 0 bridgehead atoms. The number of hydrogen-bond donors (Lipinski definition) is 3. The van der Waals surface area contributed by atoms with E-state index >= 15 is 0 Å². The van der Waals surface area contributed by atoms with E-state index in [1.807, 2.05) is 18.2 Å². The molecule has 7 heteroatoms. The van der Waals surface area contributed by atoms with Crippen LogP contribution >= 0.6 is 0 Å². The van der Waals surface area contributed by atoms with Crippen LogP contribution in [0.15, 0.2) is 59.7 Å². The van der Waals surface area contributed by atoms with Crippen LogP contribution in [-0.2, 0) is 17.7 Å². The van der Waals surface area contributed by atoms with Crippen LogP contribution in [0.2, 0.25) is 0 Å². The second-order valence-electron chi connectivity index (χ2n) is 8.14. The van der Waals surface area contributed by atoms with Gasteiger partial charge in [0.05, 0.1) is 19.8 Å². The van der Waals surface area contributed by atoms with Crippen LogP contribution in [0, 0.1) is 0 Å². The minimum absolute atomic E-state index is 0.566. The molecule has 0 saturated carbocycles. The van der Waals surface area contributed by atoms with Crippen molar-refractivity contribution >= 4 is 16.9 Å². The number of fused-ring (bicyclic) bond motifs is 1. The van der Waals surface area contributed by atoms with Gasteiger partial charge in [0.25, 0.3) is 0 Å². The molecule has 2 heterocycles. The Morgan fingerprint density at radius 3 is 2.76 bits per heavy atom. The summed E-state index contributed by atoms with van der Waals surface area (Å²) in [6.07, 6.45) is 3.02. The SMILES string of the molecule is CCNC(=NCc1ccccc1OCCN1CCOCC1)NCCc1c[nH]c2ccccc12. The Morgan fingerprint density at radius 2 is 1.88 bits per heavy atom. The summed E-state index contributed by atoms with van der Waals surface area (Å²) >= 11 is 0. The van der Waals surface area contributed by atoms with Crippen LogP contribution in [0.1, 0.15) is 18.1 Å². The lowest BCUT2D eigenvalue weighted by atomic mass is 10.1. The molecule has 1 aliphatic heterocycles. The Kier molecular flexibility index (Phi) is 8.61. The number of para-hydroxylation sites is 2. The van der Waals surface area contributed by atoms with Gasteiger partial charge in [-0.15, -0.1) is 0 Å². The number of guanidine groups is 1. The van der Waals surface area contributed by atoms with Gasteiger partial charge in [0.2, 0.25) is 0 Å². The van der Waals surface area contributed by atoms with Crippen molar-refractivity contribution < 1.29 is 9.47 Å². The van der Waals surface area contributed by atoms with Gasteiger partial charge in [-0.2, -0.15) is 0 Å². The molecule has 0 spiro atoms. The van der Waals surface area contributed by atoms with Crippen molar-refractivity contribution in [2.75, 3.05) is 52.5 Å². The summed E-state index contributed by atoms with van der Waals surface area (Å²) in [5, 5.41) is 8.09. The summed E-state index contributed by atoms with van der Waals surface area (Å²) in [6.45, 7) is 9.44. The molecule has 1 aliphatic rings. The number of nitrogens with one attached hydrogen (secondary N) is 3. The van der Waals surface area contributed by atoms with Crippen molar-refractivity contribution in [3.8, 4) is 5.75 Å². The molecule has 4 rings (SSSR count). The highest BCUT2D eigenvalue weighted by Crippen LogP contribution is 2.19. The summed E-state index contributed by atoms with van der Waals surface area (Å²) in [6, 6.07) is 16.6. The van der Waals surface area contributed by atoms with Gasteiger partial charge in [-0.1, -0.05) is 36.4 Å². The first-order chi connectivity index (χ1) is 16.3. The lowest BCUT2D eigenvalue weighted by Crippen LogP contribution is -2.38. The third-order valence-corrected chi connectivity index (χ3v) is 5.85. The molecule has 0 aliphatic carbocycles. The fourth-order valence-corrected chi connectivity index (χ4v) is 4.04. The highest BCUT2D eigenvalue weighted by Gasteiger charge is 2.11. The molecule has 1 saturated heterocycles. The number of aromatic nitrogens is 1. The van der Waals surface area contributed by atoms with Crippen LogP contribution in [0.3, 0.4) is 0 Å². The predicted molar refractivity (Wildman–Crippen MR) is 134 cm³/mol. The maximum atomic E-state index is 6.11. The minimum Gasteiger partial charge on any atom is -0.492 e. The molecule has 1 aromatic heterocycles. The molecular weight excluding hydrogens is 414 g/mol. The highest BCUT2D eigenvalue weighted by molar-refractivity contribution is 5.83. The number of benzene rings is 2. The molecule has 3 aromatic rings. The third kappa shape index (κ3) is 6.73. The molecule has 0 atom stereocenters. The highest BCUT2D eigenvalue weighted by atomic mass is 16.5. The molecule has 2 aromatic carbocycles. The van der Waals surface area contributed by atoms with E-state index in [9.17, 15) is 0 Å². The number of hydrogen-bond acceptors (Lipinski definition) is 4. The van der Waals surface area contributed by atoms with Crippen molar-refractivity contribution in [2.45, 2.75) is 19.9 Å². The second kappa shape index (κ2) is 12.3. The number of nitrogens with zero attached hydrogens (tertiary/aromatic N) is 2. The van der Waals surface area contributed by atoms with Crippen LogP contribution in [0.25, 0.3) is 10.9 Å². The van der Waals surface area contributed by atoms with Crippen LogP contribution in [0.4, 0.5) is 0 Å². The van der Waals surface area contributed by atoms with Crippen LogP contribution in [-0.4, -0.2) is 68.4 Å². The fourth-order valence-electron chi connectivity index (χ4n) is 4.04. The summed E-state index contributed by atoms with van der Waals surface area (Å²) in [7, 11) is 0. The van der Waals surface area contributed by atoms with E-state index in [0.717, 1.165) is 69.6 Å². The predicted octanol–water partition coefficient (Wildman–Crippen LogP) is 3.18. The number of aliphatic imine (C=N–C) groups is 1. The van der Waals surface area contributed by atoms with Gasteiger partial charge in [0.15, 0.2) is 5.96 Å². The Hall–Kier alpha value is -3.03. The maximum Gasteiger partial charge on any atom is 0.191 e. The minimum atomic E-state index is 0.566. The van der Waals surface area contributed by atoms with E-state index < -0.39 is 0 Å². The number of rotatable bonds is 10. The first-order valence-corrected chi connectivity index (χ1v) is 11.9. The Balaban J connectivity index is 1.30. The molecule has 0 radical (unpaired) electrons. The number of H-pyrrole nitrogens is 1. The second-order valence-corrected chi connectivity index (χ2v) is 8.14. The van der Waals surface area contributed by atoms with Gasteiger partial charge >= 0.3 is 0 Å². The van der Waals surface area contributed by atoms with Crippen molar-refractivity contribution in [3.63, 3.8) is 0 Å². The Morgan fingerprint density at radius 1 is 1.06 bits per heavy atom. The summed E-state index contributed by atoms with van der Waals surface area (Å²) in [4.78, 5) is 10.5.